The van der Waals surface area contributed by atoms with Gasteiger partial charge in [0.05, 0.1) is 7.11 Å². The molecule has 0 spiro atoms. The van der Waals surface area contributed by atoms with Gasteiger partial charge in [-0.1, -0.05) is 6.07 Å². The van der Waals surface area contributed by atoms with Crippen LogP contribution in [-0.2, 0) is 0 Å². The Kier molecular flexibility index (Phi) is 2.40. The van der Waals surface area contributed by atoms with Gasteiger partial charge >= 0.3 is 0 Å². The third-order valence-electron chi connectivity index (χ3n) is 2.45. The molecule has 1 fully saturated rings. The minimum Gasteiger partial charge on any atom is -0.481 e. The van der Waals surface area contributed by atoms with Gasteiger partial charge in [0.1, 0.15) is 0 Å². The monoisotopic (exact) mass is 197 g/mol. The standard InChI is InChI=1S/C10H12ClNO/c1-13-10-4-2-3-9(12-10)8-5-7(8)6-11/h2-4,7-8H,5-6H2,1H3. The van der Waals surface area contributed by atoms with Gasteiger partial charge in [-0.2, -0.15) is 0 Å². The largest absolute Gasteiger partial charge is 0.481 e. The van der Waals surface area contributed by atoms with Crippen LogP contribution in [0.15, 0.2) is 18.2 Å². The van der Waals surface area contributed by atoms with E-state index in [0.29, 0.717) is 17.7 Å². The molecule has 0 aliphatic heterocycles. The summed E-state index contributed by atoms with van der Waals surface area (Å²) in [6.45, 7) is 0. The van der Waals surface area contributed by atoms with E-state index in [4.69, 9.17) is 16.3 Å². The van der Waals surface area contributed by atoms with E-state index in [2.05, 4.69) is 4.98 Å². The predicted octanol–water partition coefficient (Wildman–Crippen LogP) is 2.43. The lowest BCUT2D eigenvalue weighted by Crippen LogP contribution is -1.92. The number of hydrogen-bond donors (Lipinski definition) is 0. The van der Waals surface area contributed by atoms with Gasteiger partial charge < -0.3 is 4.74 Å². The van der Waals surface area contributed by atoms with E-state index in [9.17, 15) is 0 Å². The summed E-state index contributed by atoms with van der Waals surface area (Å²) in [6, 6.07) is 5.88. The van der Waals surface area contributed by atoms with Crippen LogP contribution >= 0.6 is 11.6 Å². The number of alkyl halides is 1. The van der Waals surface area contributed by atoms with E-state index in [1.54, 1.807) is 7.11 Å². The molecule has 0 amide bonds. The molecule has 1 aromatic rings. The summed E-state index contributed by atoms with van der Waals surface area (Å²) in [4.78, 5) is 4.37. The Hall–Kier alpha value is -0.760. The highest BCUT2D eigenvalue weighted by Crippen LogP contribution is 2.47. The second kappa shape index (κ2) is 3.54. The van der Waals surface area contributed by atoms with Crippen LogP contribution in [-0.4, -0.2) is 18.0 Å². The molecule has 2 nitrogen and oxygen atoms in total. The number of ether oxygens (including phenoxy) is 1. The fourth-order valence-corrected chi connectivity index (χ4v) is 1.87. The van der Waals surface area contributed by atoms with E-state index >= 15 is 0 Å². The van der Waals surface area contributed by atoms with Crippen molar-refractivity contribution in [2.75, 3.05) is 13.0 Å². The van der Waals surface area contributed by atoms with Crippen LogP contribution in [0, 0.1) is 5.92 Å². The molecule has 3 heteroatoms. The molecule has 1 aliphatic rings. The van der Waals surface area contributed by atoms with Crippen LogP contribution in [0.4, 0.5) is 0 Å². The van der Waals surface area contributed by atoms with Gasteiger partial charge in [-0.25, -0.2) is 4.98 Å². The maximum Gasteiger partial charge on any atom is 0.213 e. The summed E-state index contributed by atoms with van der Waals surface area (Å²) in [7, 11) is 1.64. The Labute approximate surface area is 82.9 Å². The van der Waals surface area contributed by atoms with Gasteiger partial charge in [0.2, 0.25) is 5.88 Å². The zero-order valence-corrected chi connectivity index (χ0v) is 8.29. The van der Waals surface area contributed by atoms with Crippen molar-refractivity contribution in [1.82, 2.24) is 4.98 Å². The third-order valence-corrected chi connectivity index (χ3v) is 2.85. The maximum atomic E-state index is 5.76. The van der Waals surface area contributed by atoms with Gasteiger partial charge in [-0.3, -0.25) is 0 Å². The van der Waals surface area contributed by atoms with Crippen molar-refractivity contribution in [2.45, 2.75) is 12.3 Å². The topological polar surface area (TPSA) is 22.1 Å². The first-order chi connectivity index (χ1) is 6.35. The van der Waals surface area contributed by atoms with Crippen molar-refractivity contribution < 1.29 is 4.74 Å². The second-order valence-corrected chi connectivity index (χ2v) is 3.67. The minimum absolute atomic E-state index is 0.563. The first-order valence-electron chi connectivity index (χ1n) is 4.42. The van der Waals surface area contributed by atoms with Crippen LogP contribution in [0.25, 0.3) is 0 Å². The molecule has 2 rings (SSSR count). The quantitative estimate of drug-likeness (QED) is 0.695. The van der Waals surface area contributed by atoms with Crippen molar-refractivity contribution in [3.63, 3.8) is 0 Å². The summed E-state index contributed by atoms with van der Waals surface area (Å²) in [6.07, 6.45) is 1.17. The van der Waals surface area contributed by atoms with Crippen LogP contribution < -0.4 is 4.74 Å². The molecule has 1 heterocycles. The maximum absolute atomic E-state index is 5.76. The highest BCUT2D eigenvalue weighted by atomic mass is 35.5. The van der Waals surface area contributed by atoms with Gasteiger partial charge in [0, 0.05) is 23.6 Å². The summed E-state index contributed by atoms with van der Waals surface area (Å²) in [5.74, 6) is 2.62. The number of pyridine rings is 1. The van der Waals surface area contributed by atoms with Gasteiger partial charge in [0.25, 0.3) is 0 Å². The normalized spacial score (nSPS) is 25.7. The Morgan fingerprint density at radius 3 is 3.08 bits per heavy atom. The molecule has 13 heavy (non-hydrogen) atoms. The SMILES string of the molecule is COc1cccc(C2CC2CCl)n1. The summed E-state index contributed by atoms with van der Waals surface area (Å²) < 4.78 is 5.06. The highest BCUT2D eigenvalue weighted by molar-refractivity contribution is 6.18. The number of aromatic nitrogens is 1. The number of methoxy groups -OCH3 is 1. The summed E-state index contributed by atoms with van der Waals surface area (Å²) in [5, 5.41) is 0. The number of halogens is 1. The summed E-state index contributed by atoms with van der Waals surface area (Å²) >= 11 is 5.76. The average Bonchev–Trinajstić information content (AvgIpc) is 2.97. The Morgan fingerprint density at radius 1 is 1.62 bits per heavy atom. The highest BCUT2D eigenvalue weighted by Gasteiger charge is 2.38. The second-order valence-electron chi connectivity index (χ2n) is 3.36. The van der Waals surface area contributed by atoms with Crippen molar-refractivity contribution in [3.8, 4) is 5.88 Å². The molecule has 0 radical (unpaired) electrons. The lowest BCUT2D eigenvalue weighted by Gasteiger charge is -2.01. The fraction of sp³-hybridized carbons (Fsp3) is 0.500. The minimum atomic E-state index is 0.563. The van der Waals surface area contributed by atoms with Gasteiger partial charge in [-0.05, 0) is 18.4 Å². The van der Waals surface area contributed by atoms with E-state index in [-0.39, 0.29) is 0 Å². The van der Waals surface area contributed by atoms with Gasteiger partial charge in [0.15, 0.2) is 0 Å². The molecule has 0 saturated heterocycles. The molecular weight excluding hydrogens is 186 g/mol. The molecule has 0 N–H and O–H groups in total. The molecular formula is C10H12ClNO. The van der Waals surface area contributed by atoms with E-state index in [1.165, 1.54) is 6.42 Å². The molecule has 1 saturated carbocycles. The van der Waals surface area contributed by atoms with E-state index in [0.717, 1.165) is 11.6 Å². The predicted molar refractivity (Wildman–Crippen MR) is 52.4 cm³/mol. The first-order valence-corrected chi connectivity index (χ1v) is 4.95. The Morgan fingerprint density at radius 2 is 2.46 bits per heavy atom. The zero-order valence-electron chi connectivity index (χ0n) is 7.53. The summed E-state index contributed by atoms with van der Waals surface area (Å²) in [5.41, 5.74) is 1.12. The zero-order chi connectivity index (χ0) is 9.26. The molecule has 70 valence electrons. The average molecular weight is 198 g/mol. The fourth-order valence-electron chi connectivity index (χ4n) is 1.53. The van der Waals surface area contributed by atoms with Crippen LogP contribution in [0.2, 0.25) is 0 Å². The molecule has 0 bridgehead atoms. The Bertz CT molecular complexity index is 303. The lowest BCUT2D eigenvalue weighted by molar-refractivity contribution is 0.396. The number of hydrogen-bond acceptors (Lipinski definition) is 2. The third kappa shape index (κ3) is 1.78. The van der Waals surface area contributed by atoms with Crippen LogP contribution in [0.1, 0.15) is 18.0 Å². The van der Waals surface area contributed by atoms with Crippen molar-refractivity contribution in [3.05, 3.63) is 23.9 Å². The lowest BCUT2D eigenvalue weighted by atomic mass is 10.2. The van der Waals surface area contributed by atoms with Gasteiger partial charge in [-0.15, -0.1) is 11.6 Å². The van der Waals surface area contributed by atoms with Crippen molar-refractivity contribution in [2.24, 2.45) is 5.92 Å². The number of rotatable bonds is 3. The van der Waals surface area contributed by atoms with E-state index < -0.39 is 0 Å². The van der Waals surface area contributed by atoms with Crippen molar-refractivity contribution in [1.29, 1.82) is 0 Å². The molecule has 1 aliphatic carbocycles. The van der Waals surface area contributed by atoms with E-state index in [1.807, 2.05) is 18.2 Å². The molecule has 2 unspecified atom stereocenters. The molecule has 1 aromatic heterocycles. The smallest absolute Gasteiger partial charge is 0.213 e. The van der Waals surface area contributed by atoms with Crippen LogP contribution in [0.5, 0.6) is 5.88 Å². The van der Waals surface area contributed by atoms with Crippen molar-refractivity contribution >= 4 is 11.6 Å². The number of nitrogens with zero attached hydrogens (tertiary/aromatic N) is 1. The molecule has 2 atom stereocenters. The Balaban J connectivity index is 2.13. The molecule has 0 aromatic carbocycles. The first kappa shape index (κ1) is 8.82. The van der Waals surface area contributed by atoms with Crippen LogP contribution in [0.3, 0.4) is 0 Å².